The molecule has 6 nitrogen and oxygen atoms in total. The average molecular weight is 431 g/mol. The van der Waals surface area contributed by atoms with E-state index < -0.39 is 49.2 Å². The maximum atomic E-state index is 13.0. The highest BCUT2D eigenvalue weighted by atomic mass is 28.4. The van der Waals surface area contributed by atoms with Crippen LogP contribution in [0.15, 0.2) is 0 Å². The summed E-state index contributed by atoms with van der Waals surface area (Å²) in [6, 6.07) is 0. The van der Waals surface area contributed by atoms with Gasteiger partial charge in [-0.25, -0.2) is 0 Å². The fourth-order valence-electron chi connectivity index (χ4n) is 4.01. The smallest absolute Gasteiger partial charge is 0.315 e. The highest BCUT2D eigenvalue weighted by molar-refractivity contribution is 6.74. The summed E-state index contributed by atoms with van der Waals surface area (Å²) < 4.78 is 18.3. The van der Waals surface area contributed by atoms with Gasteiger partial charge < -0.3 is 24.1 Å². The zero-order valence-electron chi connectivity index (χ0n) is 20.0. The third-order valence-electron chi connectivity index (χ3n) is 7.06. The lowest BCUT2D eigenvalue weighted by Crippen LogP contribution is -2.56. The molecule has 2 rings (SSSR count). The van der Waals surface area contributed by atoms with Gasteiger partial charge in [0.2, 0.25) is 0 Å². The van der Waals surface area contributed by atoms with E-state index in [0.717, 1.165) is 0 Å². The van der Waals surface area contributed by atoms with Gasteiger partial charge in [-0.3, -0.25) is 4.79 Å². The second-order valence-corrected chi connectivity index (χ2v) is 16.5. The van der Waals surface area contributed by atoms with Gasteiger partial charge in [0.25, 0.3) is 0 Å². The number of carbonyl (C=O) groups excluding carboxylic acids is 1. The summed E-state index contributed by atoms with van der Waals surface area (Å²) in [5.74, 6) is -3.52. The number of ether oxygens (including phenoxy) is 2. The number of hydrogen-bond donors (Lipinski definition) is 2. The van der Waals surface area contributed by atoms with E-state index in [0.29, 0.717) is 12.8 Å². The zero-order chi connectivity index (χ0) is 22.6. The first-order valence-corrected chi connectivity index (χ1v) is 13.7. The van der Waals surface area contributed by atoms with Crippen LogP contribution >= 0.6 is 0 Å². The Hall–Kier alpha value is -0.473. The Labute approximate surface area is 177 Å². The van der Waals surface area contributed by atoms with Crippen LogP contribution < -0.4 is 0 Å². The first-order chi connectivity index (χ1) is 12.8. The Morgan fingerprint density at radius 3 is 2.17 bits per heavy atom. The van der Waals surface area contributed by atoms with Gasteiger partial charge in [-0.2, -0.15) is 0 Å². The summed E-state index contributed by atoms with van der Waals surface area (Å²) in [5.41, 5.74) is -1.82. The molecule has 0 aromatic heterocycles. The monoisotopic (exact) mass is 430 g/mol. The van der Waals surface area contributed by atoms with Crippen LogP contribution in [0.4, 0.5) is 0 Å². The van der Waals surface area contributed by atoms with Gasteiger partial charge in [0.15, 0.2) is 14.1 Å². The Kier molecular flexibility index (Phi) is 6.49. The van der Waals surface area contributed by atoms with Gasteiger partial charge >= 0.3 is 5.97 Å². The summed E-state index contributed by atoms with van der Waals surface area (Å²) in [7, 11) is -2.13. The second-order valence-electron chi connectivity index (χ2n) is 11.8. The Morgan fingerprint density at radius 2 is 1.69 bits per heavy atom. The highest BCUT2D eigenvalue weighted by Gasteiger charge is 2.62. The molecule has 29 heavy (non-hydrogen) atoms. The molecule has 7 heteroatoms. The molecule has 0 aromatic carbocycles. The van der Waals surface area contributed by atoms with Crippen molar-refractivity contribution in [3.05, 3.63) is 0 Å². The van der Waals surface area contributed by atoms with Crippen LogP contribution in [-0.2, 0) is 18.7 Å². The molecule has 0 spiro atoms. The topological polar surface area (TPSA) is 85.2 Å². The Bertz CT molecular complexity index is 618. The van der Waals surface area contributed by atoms with Gasteiger partial charge in [-0.1, -0.05) is 27.7 Å². The SMILES string of the molecule is CC1[C@@H](O[Si](C)(C)C(C)(C)C)CC[C@@](C)(O)[C@@H]2C[C@@H](C(=O)OC(C)(C)C)[C@@]1(O)O2. The van der Waals surface area contributed by atoms with Crippen molar-refractivity contribution >= 4 is 14.3 Å². The zero-order valence-corrected chi connectivity index (χ0v) is 21.0. The van der Waals surface area contributed by atoms with Crippen LogP contribution in [0.3, 0.4) is 0 Å². The second kappa shape index (κ2) is 7.59. The summed E-state index contributed by atoms with van der Waals surface area (Å²) in [5, 5.41) is 22.7. The Balaban J connectivity index is 2.40. The van der Waals surface area contributed by atoms with E-state index in [1.165, 1.54) is 0 Å². The van der Waals surface area contributed by atoms with E-state index in [1.807, 2.05) is 6.92 Å². The van der Waals surface area contributed by atoms with Gasteiger partial charge in [0, 0.05) is 5.92 Å². The van der Waals surface area contributed by atoms with Crippen molar-refractivity contribution in [2.45, 2.75) is 122 Å². The third-order valence-corrected chi connectivity index (χ3v) is 11.6. The molecule has 0 amide bonds. The van der Waals surface area contributed by atoms with Crippen LogP contribution in [0.5, 0.6) is 0 Å². The molecule has 2 saturated heterocycles. The lowest BCUT2D eigenvalue weighted by Gasteiger charge is -2.47. The van der Waals surface area contributed by atoms with Crippen LogP contribution in [0.25, 0.3) is 0 Å². The summed E-state index contributed by atoms with van der Waals surface area (Å²) in [4.78, 5) is 13.0. The maximum Gasteiger partial charge on any atom is 0.315 e. The van der Waals surface area contributed by atoms with E-state index in [9.17, 15) is 15.0 Å². The molecule has 1 unspecified atom stereocenters. The Morgan fingerprint density at radius 1 is 1.14 bits per heavy atom. The van der Waals surface area contributed by atoms with Crippen molar-refractivity contribution in [1.29, 1.82) is 0 Å². The van der Waals surface area contributed by atoms with Gasteiger partial charge in [-0.15, -0.1) is 0 Å². The normalized spacial score (nSPS) is 39.0. The molecule has 2 fully saturated rings. The minimum Gasteiger partial charge on any atom is -0.460 e. The molecule has 2 heterocycles. The quantitative estimate of drug-likeness (QED) is 0.520. The maximum absolute atomic E-state index is 13.0. The largest absolute Gasteiger partial charge is 0.460 e. The van der Waals surface area contributed by atoms with Crippen molar-refractivity contribution < 1.29 is 28.9 Å². The van der Waals surface area contributed by atoms with Crippen LogP contribution in [0.1, 0.15) is 74.7 Å². The predicted octanol–water partition coefficient (Wildman–Crippen LogP) is 3.99. The number of aliphatic hydroxyl groups is 2. The third kappa shape index (κ3) is 5.06. The van der Waals surface area contributed by atoms with Gasteiger partial charge in [0.05, 0.1) is 17.8 Å². The highest BCUT2D eigenvalue weighted by Crippen LogP contribution is 2.50. The van der Waals surface area contributed by atoms with Gasteiger partial charge in [0.1, 0.15) is 11.5 Å². The minimum absolute atomic E-state index is 0.00383. The number of fused-ring (bicyclic) bond motifs is 2. The number of esters is 1. The van der Waals surface area contributed by atoms with Crippen LogP contribution in [0, 0.1) is 11.8 Å². The van der Waals surface area contributed by atoms with E-state index in [-0.39, 0.29) is 17.6 Å². The lowest BCUT2D eigenvalue weighted by molar-refractivity contribution is -0.283. The van der Waals surface area contributed by atoms with Crippen molar-refractivity contribution in [3.8, 4) is 0 Å². The number of hydrogen-bond acceptors (Lipinski definition) is 6. The molecule has 170 valence electrons. The number of rotatable bonds is 3. The van der Waals surface area contributed by atoms with Crippen LogP contribution in [0.2, 0.25) is 18.1 Å². The molecular formula is C22H42O6Si. The van der Waals surface area contributed by atoms with E-state index >= 15 is 0 Å². The molecule has 2 N–H and O–H groups in total. The first kappa shape index (κ1) is 24.8. The van der Waals surface area contributed by atoms with Crippen molar-refractivity contribution in [2.75, 3.05) is 0 Å². The van der Waals surface area contributed by atoms with Crippen molar-refractivity contribution in [1.82, 2.24) is 0 Å². The van der Waals surface area contributed by atoms with Crippen LogP contribution in [-0.4, -0.2) is 53.7 Å². The fraction of sp³-hybridized carbons (Fsp3) is 0.955. The summed E-state index contributed by atoms with van der Waals surface area (Å²) in [6.45, 7) is 19.9. The van der Waals surface area contributed by atoms with E-state index in [4.69, 9.17) is 13.9 Å². The summed E-state index contributed by atoms with van der Waals surface area (Å²) in [6.07, 6.45) is 0.371. The molecular weight excluding hydrogens is 388 g/mol. The average Bonchev–Trinajstić information content (AvgIpc) is 2.88. The number of carbonyl (C=O) groups is 1. The minimum atomic E-state index is -2.13. The molecule has 2 aliphatic rings. The fourth-order valence-corrected chi connectivity index (χ4v) is 5.44. The van der Waals surface area contributed by atoms with Gasteiger partial charge in [-0.05, 0) is 65.1 Å². The van der Waals surface area contributed by atoms with E-state index in [1.54, 1.807) is 27.7 Å². The molecule has 0 aromatic rings. The first-order valence-electron chi connectivity index (χ1n) is 10.8. The molecule has 0 aliphatic carbocycles. The summed E-state index contributed by atoms with van der Waals surface area (Å²) >= 11 is 0. The predicted molar refractivity (Wildman–Crippen MR) is 115 cm³/mol. The molecule has 2 bridgehead atoms. The van der Waals surface area contributed by atoms with E-state index in [2.05, 4.69) is 33.9 Å². The molecule has 2 aliphatic heterocycles. The standard InChI is InChI=1S/C22H42O6Si/c1-14-16(28-29(9,10)20(5,6)7)11-12-21(8,24)17-13-15(22(14,25)26-17)18(23)27-19(2,3)4/h14-17,24-25H,11-13H2,1-10H3/t14?,15-,16-,17-,21+,22-/m0/s1. The molecule has 6 atom stereocenters. The van der Waals surface area contributed by atoms with Crippen molar-refractivity contribution in [2.24, 2.45) is 11.8 Å². The lowest BCUT2D eigenvalue weighted by atomic mass is 9.83. The molecule has 0 radical (unpaired) electrons. The molecule has 0 saturated carbocycles. The van der Waals surface area contributed by atoms with Crippen molar-refractivity contribution in [3.63, 3.8) is 0 Å².